The molecule has 0 unspecified atom stereocenters. The van der Waals surface area contributed by atoms with Crippen molar-refractivity contribution in [2.75, 3.05) is 0 Å². The maximum Gasteiger partial charge on any atom is 0.141 e. The fourth-order valence-electron chi connectivity index (χ4n) is 1.11. The first-order chi connectivity index (χ1) is 6.27. The molecule has 0 saturated carbocycles. The standard InChI is InChI=1S/C9H8N4/c10-9(11)8-4-7-6(5-13-8)2-1-3-12-7/h1-5H,(H3,10,11). The van der Waals surface area contributed by atoms with Crippen molar-refractivity contribution < 1.29 is 0 Å². The molecule has 0 spiro atoms. The molecule has 0 bridgehead atoms. The molecule has 0 aliphatic heterocycles. The van der Waals surface area contributed by atoms with E-state index >= 15 is 0 Å². The van der Waals surface area contributed by atoms with Gasteiger partial charge in [0.05, 0.1) is 5.52 Å². The number of amidine groups is 1. The minimum atomic E-state index is -0.0347. The van der Waals surface area contributed by atoms with Crippen molar-refractivity contribution in [3.05, 3.63) is 36.3 Å². The van der Waals surface area contributed by atoms with E-state index in [1.165, 1.54) is 0 Å². The van der Waals surface area contributed by atoms with Crippen LogP contribution < -0.4 is 5.73 Å². The SMILES string of the molecule is N=C(N)c1cc2ncccc2cn1. The number of nitrogen functional groups attached to an aromatic ring is 1. The summed E-state index contributed by atoms with van der Waals surface area (Å²) >= 11 is 0. The van der Waals surface area contributed by atoms with E-state index in [2.05, 4.69) is 9.97 Å². The van der Waals surface area contributed by atoms with Gasteiger partial charge in [-0.1, -0.05) is 0 Å². The molecular weight excluding hydrogens is 164 g/mol. The number of hydrogen-bond donors (Lipinski definition) is 2. The number of aromatic nitrogens is 2. The number of nitrogens with two attached hydrogens (primary N) is 1. The highest BCUT2D eigenvalue weighted by molar-refractivity contribution is 5.95. The molecule has 0 atom stereocenters. The molecule has 64 valence electrons. The average Bonchev–Trinajstić information content (AvgIpc) is 2.17. The zero-order valence-electron chi connectivity index (χ0n) is 6.86. The summed E-state index contributed by atoms with van der Waals surface area (Å²) in [5.41, 5.74) is 6.57. The average molecular weight is 172 g/mol. The van der Waals surface area contributed by atoms with Crippen LogP contribution in [0.4, 0.5) is 0 Å². The van der Waals surface area contributed by atoms with Crippen LogP contribution in [0.1, 0.15) is 5.69 Å². The van der Waals surface area contributed by atoms with Crippen molar-refractivity contribution in [3.8, 4) is 0 Å². The number of nitrogens with one attached hydrogen (secondary N) is 1. The smallest absolute Gasteiger partial charge is 0.141 e. The lowest BCUT2D eigenvalue weighted by Gasteiger charge is -1.98. The number of rotatable bonds is 1. The summed E-state index contributed by atoms with van der Waals surface area (Å²) in [6.07, 6.45) is 3.37. The van der Waals surface area contributed by atoms with Crippen LogP contribution in [0.25, 0.3) is 10.9 Å². The summed E-state index contributed by atoms with van der Waals surface area (Å²) < 4.78 is 0. The van der Waals surface area contributed by atoms with Gasteiger partial charge in [-0.3, -0.25) is 15.4 Å². The van der Waals surface area contributed by atoms with Crippen molar-refractivity contribution in [2.45, 2.75) is 0 Å². The first-order valence-electron chi connectivity index (χ1n) is 3.82. The Hall–Kier alpha value is -1.97. The van der Waals surface area contributed by atoms with Crippen LogP contribution in [0.5, 0.6) is 0 Å². The molecule has 0 aromatic carbocycles. The Morgan fingerprint density at radius 1 is 1.38 bits per heavy atom. The molecule has 0 radical (unpaired) electrons. The first-order valence-corrected chi connectivity index (χ1v) is 3.82. The molecule has 13 heavy (non-hydrogen) atoms. The van der Waals surface area contributed by atoms with Gasteiger partial charge in [-0.05, 0) is 18.2 Å². The third kappa shape index (κ3) is 1.33. The van der Waals surface area contributed by atoms with E-state index in [9.17, 15) is 0 Å². The normalized spacial score (nSPS) is 10.2. The van der Waals surface area contributed by atoms with E-state index in [0.717, 1.165) is 10.9 Å². The molecule has 0 aliphatic rings. The van der Waals surface area contributed by atoms with Gasteiger partial charge in [0.2, 0.25) is 0 Å². The summed E-state index contributed by atoms with van der Waals surface area (Å²) in [7, 11) is 0. The van der Waals surface area contributed by atoms with Gasteiger partial charge in [-0.2, -0.15) is 0 Å². The lowest BCUT2D eigenvalue weighted by molar-refractivity contribution is 1.26. The van der Waals surface area contributed by atoms with Gasteiger partial charge < -0.3 is 5.73 Å². The molecule has 0 aliphatic carbocycles. The van der Waals surface area contributed by atoms with Crippen molar-refractivity contribution in [2.24, 2.45) is 5.73 Å². The van der Waals surface area contributed by atoms with Crippen LogP contribution in [0.3, 0.4) is 0 Å². The van der Waals surface area contributed by atoms with Crippen molar-refractivity contribution in [3.63, 3.8) is 0 Å². The van der Waals surface area contributed by atoms with Crippen molar-refractivity contribution in [1.29, 1.82) is 5.41 Å². The summed E-state index contributed by atoms with van der Waals surface area (Å²) in [6, 6.07) is 5.47. The Morgan fingerprint density at radius 3 is 3.00 bits per heavy atom. The third-order valence-corrected chi connectivity index (χ3v) is 1.76. The van der Waals surface area contributed by atoms with E-state index in [-0.39, 0.29) is 5.84 Å². The maximum absolute atomic E-state index is 7.20. The number of fused-ring (bicyclic) bond motifs is 1. The molecule has 0 amide bonds. The van der Waals surface area contributed by atoms with Crippen LogP contribution in [0.2, 0.25) is 0 Å². The fraction of sp³-hybridized carbons (Fsp3) is 0. The predicted molar refractivity (Wildman–Crippen MR) is 50.6 cm³/mol. The molecule has 2 aromatic heterocycles. The van der Waals surface area contributed by atoms with Crippen LogP contribution >= 0.6 is 0 Å². The second kappa shape index (κ2) is 2.82. The van der Waals surface area contributed by atoms with Crippen LogP contribution in [0.15, 0.2) is 30.6 Å². The summed E-state index contributed by atoms with van der Waals surface area (Å²) in [5.74, 6) is -0.0347. The summed E-state index contributed by atoms with van der Waals surface area (Å²) in [5, 5.41) is 8.15. The molecule has 4 nitrogen and oxygen atoms in total. The van der Waals surface area contributed by atoms with Crippen molar-refractivity contribution >= 4 is 16.7 Å². The lowest BCUT2D eigenvalue weighted by Crippen LogP contribution is -2.12. The quantitative estimate of drug-likeness (QED) is 0.496. The maximum atomic E-state index is 7.20. The number of hydrogen-bond acceptors (Lipinski definition) is 3. The Labute approximate surface area is 74.9 Å². The molecule has 0 saturated heterocycles. The monoisotopic (exact) mass is 172 g/mol. The number of pyridine rings is 2. The Bertz CT molecular complexity index is 464. The zero-order valence-corrected chi connectivity index (χ0v) is 6.86. The number of nitrogens with zero attached hydrogens (tertiary/aromatic N) is 2. The molecule has 4 heteroatoms. The highest BCUT2D eigenvalue weighted by Crippen LogP contribution is 2.09. The largest absolute Gasteiger partial charge is 0.382 e. The Kier molecular flexibility index (Phi) is 1.66. The summed E-state index contributed by atoms with van der Waals surface area (Å²) in [4.78, 5) is 8.15. The van der Waals surface area contributed by atoms with Crippen LogP contribution in [-0.4, -0.2) is 15.8 Å². The van der Waals surface area contributed by atoms with E-state index < -0.39 is 0 Å². The van der Waals surface area contributed by atoms with E-state index in [4.69, 9.17) is 11.1 Å². The second-order valence-corrected chi connectivity index (χ2v) is 2.68. The minimum Gasteiger partial charge on any atom is -0.382 e. The van der Waals surface area contributed by atoms with Crippen LogP contribution in [0, 0.1) is 5.41 Å². The van der Waals surface area contributed by atoms with E-state index in [1.54, 1.807) is 18.5 Å². The topological polar surface area (TPSA) is 75.7 Å². The fourth-order valence-corrected chi connectivity index (χ4v) is 1.11. The van der Waals surface area contributed by atoms with E-state index in [0.29, 0.717) is 5.69 Å². The highest BCUT2D eigenvalue weighted by atomic mass is 14.8. The van der Waals surface area contributed by atoms with Gasteiger partial charge in [-0.25, -0.2) is 0 Å². The van der Waals surface area contributed by atoms with E-state index in [1.807, 2.05) is 12.1 Å². The minimum absolute atomic E-state index is 0.0347. The van der Waals surface area contributed by atoms with Gasteiger partial charge in [0.25, 0.3) is 0 Å². The third-order valence-electron chi connectivity index (χ3n) is 1.76. The molecule has 2 heterocycles. The summed E-state index contributed by atoms with van der Waals surface area (Å²) in [6.45, 7) is 0. The van der Waals surface area contributed by atoms with Crippen LogP contribution in [-0.2, 0) is 0 Å². The molecular formula is C9H8N4. The first kappa shape index (κ1) is 7.67. The van der Waals surface area contributed by atoms with Gasteiger partial charge in [0, 0.05) is 17.8 Å². The van der Waals surface area contributed by atoms with Crippen molar-refractivity contribution in [1.82, 2.24) is 9.97 Å². The zero-order chi connectivity index (χ0) is 9.26. The molecule has 2 aromatic rings. The van der Waals surface area contributed by atoms with Gasteiger partial charge in [0.1, 0.15) is 11.5 Å². The van der Waals surface area contributed by atoms with Gasteiger partial charge in [0.15, 0.2) is 0 Å². The molecule has 3 N–H and O–H groups in total. The molecule has 2 rings (SSSR count). The Balaban J connectivity index is 2.69. The van der Waals surface area contributed by atoms with Gasteiger partial charge in [-0.15, -0.1) is 0 Å². The van der Waals surface area contributed by atoms with Gasteiger partial charge >= 0.3 is 0 Å². The predicted octanol–water partition coefficient (Wildman–Crippen LogP) is 0.914. The lowest BCUT2D eigenvalue weighted by atomic mass is 10.2. The second-order valence-electron chi connectivity index (χ2n) is 2.68. The highest BCUT2D eigenvalue weighted by Gasteiger charge is 1.99. The molecule has 0 fully saturated rings. The Morgan fingerprint density at radius 2 is 2.23 bits per heavy atom.